The van der Waals surface area contributed by atoms with Crippen molar-refractivity contribution >= 4 is 50.4 Å². The van der Waals surface area contributed by atoms with Crippen LogP contribution in [0.15, 0.2) is 15.2 Å². The van der Waals surface area contributed by atoms with Gasteiger partial charge in [0.25, 0.3) is 5.91 Å². The van der Waals surface area contributed by atoms with Gasteiger partial charge in [-0.05, 0) is 28.4 Å². The number of thiocarbonyl (C=S) groups is 1. The first kappa shape index (κ1) is 16.9. The molecule has 21 heavy (non-hydrogen) atoms. The summed E-state index contributed by atoms with van der Waals surface area (Å²) in [7, 11) is 0. The van der Waals surface area contributed by atoms with Crippen LogP contribution in [0.1, 0.15) is 30.1 Å². The lowest BCUT2D eigenvalue weighted by molar-refractivity contribution is 0.0609. The molecule has 0 radical (unpaired) electrons. The van der Waals surface area contributed by atoms with Crippen molar-refractivity contribution in [2.24, 2.45) is 5.73 Å². The Hall–Kier alpha value is -0.500. The number of carbonyl (C=O) groups excluding carboxylic acids is 1. The van der Waals surface area contributed by atoms with Crippen LogP contribution in [-0.2, 0) is 0 Å². The molecule has 4 nitrogen and oxygen atoms in total. The predicted octanol–water partition coefficient (Wildman–Crippen LogP) is 2.72. The molecule has 0 spiro atoms. The summed E-state index contributed by atoms with van der Waals surface area (Å²) >= 11 is 10.1. The van der Waals surface area contributed by atoms with Gasteiger partial charge in [-0.15, -0.1) is 11.3 Å². The average molecular weight is 390 g/mol. The molecule has 116 valence electrons. The fourth-order valence-electron chi connectivity index (χ4n) is 2.62. The first-order chi connectivity index (χ1) is 10.0. The molecule has 1 aliphatic heterocycles. The van der Waals surface area contributed by atoms with Crippen LogP contribution in [0.5, 0.6) is 0 Å². The summed E-state index contributed by atoms with van der Waals surface area (Å²) in [4.78, 5) is 17.2. The maximum Gasteiger partial charge on any atom is 0.254 e. The zero-order valence-corrected chi connectivity index (χ0v) is 15.3. The van der Waals surface area contributed by atoms with Gasteiger partial charge in [0.05, 0.1) is 20.4 Å². The minimum atomic E-state index is 0.110. The highest BCUT2D eigenvalue weighted by atomic mass is 79.9. The zero-order chi connectivity index (χ0) is 15.4. The van der Waals surface area contributed by atoms with Gasteiger partial charge in [-0.1, -0.05) is 25.6 Å². The summed E-state index contributed by atoms with van der Waals surface area (Å²) in [6.45, 7) is 5.27. The fourth-order valence-corrected chi connectivity index (χ4v) is 4.02. The van der Waals surface area contributed by atoms with Crippen molar-refractivity contribution in [3.8, 4) is 0 Å². The molecule has 2 N–H and O–H groups in total. The van der Waals surface area contributed by atoms with Crippen molar-refractivity contribution in [2.45, 2.75) is 25.8 Å². The third-order valence-electron chi connectivity index (χ3n) is 3.75. The van der Waals surface area contributed by atoms with E-state index in [1.54, 1.807) is 0 Å². The number of thiophene rings is 1. The molecule has 1 fully saturated rings. The normalized spacial score (nSPS) is 17.7. The van der Waals surface area contributed by atoms with Crippen LogP contribution < -0.4 is 5.73 Å². The maximum atomic E-state index is 12.4. The molecule has 1 atom stereocenters. The van der Waals surface area contributed by atoms with Gasteiger partial charge in [-0.25, -0.2) is 0 Å². The highest BCUT2D eigenvalue weighted by Gasteiger charge is 2.27. The van der Waals surface area contributed by atoms with Gasteiger partial charge in [-0.2, -0.15) is 0 Å². The number of nitrogens with zero attached hydrogens (tertiary/aromatic N) is 2. The van der Waals surface area contributed by atoms with Gasteiger partial charge >= 0.3 is 0 Å². The lowest BCUT2D eigenvalue weighted by atomic mass is 10.1. The fraction of sp³-hybridized carbons (Fsp3) is 0.571. The molecule has 1 aromatic rings. The smallest absolute Gasteiger partial charge is 0.254 e. The number of nitrogens with two attached hydrogens (primary N) is 1. The largest absolute Gasteiger partial charge is 0.392 e. The average Bonchev–Trinajstić information content (AvgIpc) is 2.90. The Balaban J connectivity index is 1.93. The van der Waals surface area contributed by atoms with Crippen molar-refractivity contribution in [1.29, 1.82) is 0 Å². The second-order valence-corrected chi connectivity index (χ2v) is 7.94. The Morgan fingerprint density at radius 3 is 2.62 bits per heavy atom. The maximum absolute atomic E-state index is 12.4. The number of rotatable bonds is 5. The highest BCUT2D eigenvalue weighted by Crippen LogP contribution is 2.22. The van der Waals surface area contributed by atoms with E-state index in [4.69, 9.17) is 18.0 Å². The lowest BCUT2D eigenvalue weighted by Crippen LogP contribution is -2.54. The molecular weight excluding hydrogens is 370 g/mol. The van der Waals surface area contributed by atoms with E-state index >= 15 is 0 Å². The molecule has 0 aromatic carbocycles. The molecule has 1 aromatic heterocycles. The van der Waals surface area contributed by atoms with Gasteiger partial charge in [0.2, 0.25) is 0 Å². The Morgan fingerprint density at radius 1 is 1.48 bits per heavy atom. The molecule has 1 saturated heterocycles. The standard InChI is InChI=1S/C14H20BrN3OS2/c1-2-3-11(13(16)20)17-4-6-18(7-5-17)14(19)10-8-12(15)21-9-10/h8-9,11H,2-7H2,1H3,(H2,16,20). The minimum Gasteiger partial charge on any atom is -0.392 e. The van der Waals surface area contributed by atoms with E-state index in [-0.39, 0.29) is 11.9 Å². The number of amides is 1. The predicted molar refractivity (Wildman–Crippen MR) is 95.0 cm³/mol. The molecule has 7 heteroatoms. The van der Waals surface area contributed by atoms with Crippen molar-refractivity contribution in [2.75, 3.05) is 26.2 Å². The van der Waals surface area contributed by atoms with E-state index in [1.807, 2.05) is 16.3 Å². The van der Waals surface area contributed by atoms with Gasteiger partial charge in [0, 0.05) is 31.6 Å². The third-order valence-corrected chi connectivity index (χ3v) is 5.52. The number of hydrogen-bond acceptors (Lipinski definition) is 4. The minimum absolute atomic E-state index is 0.110. The summed E-state index contributed by atoms with van der Waals surface area (Å²) in [6, 6.07) is 2.05. The number of hydrogen-bond donors (Lipinski definition) is 1. The molecule has 0 bridgehead atoms. The molecule has 0 saturated carbocycles. The third kappa shape index (κ3) is 4.25. The highest BCUT2D eigenvalue weighted by molar-refractivity contribution is 9.11. The lowest BCUT2D eigenvalue weighted by Gasteiger charge is -2.38. The monoisotopic (exact) mass is 389 g/mol. The van der Waals surface area contributed by atoms with Crippen LogP contribution in [0.2, 0.25) is 0 Å². The van der Waals surface area contributed by atoms with Gasteiger partial charge in [0.1, 0.15) is 0 Å². The SMILES string of the molecule is CCCC(C(N)=S)N1CCN(C(=O)c2csc(Br)c2)CC1. The summed E-state index contributed by atoms with van der Waals surface area (Å²) in [5, 5.41) is 1.90. The molecule has 1 amide bonds. The van der Waals surface area contributed by atoms with E-state index in [1.165, 1.54) is 11.3 Å². The number of carbonyl (C=O) groups is 1. The van der Waals surface area contributed by atoms with Crippen molar-refractivity contribution in [3.05, 3.63) is 20.8 Å². The van der Waals surface area contributed by atoms with Crippen molar-refractivity contribution < 1.29 is 4.79 Å². The molecule has 0 aliphatic carbocycles. The summed E-state index contributed by atoms with van der Waals surface area (Å²) in [5.41, 5.74) is 6.61. The topological polar surface area (TPSA) is 49.6 Å². The summed E-state index contributed by atoms with van der Waals surface area (Å²) in [6.07, 6.45) is 2.05. The summed E-state index contributed by atoms with van der Waals surface area (Å²) in [5.74, 6) is 0.110. The van der Waals surface area contributed by atoms with Crippen LogP contribution in [0.25, 0.3) is 0 Å². The van der Waals surface area contributed by atoms with Crippen molar-refractivity contribution in [3.63, 3.8) is 0 Å². The van der Waals surface area contributed by atoms with E-state index in [0.717, 1.165) is 48.4 Å². The second-order valence-electron chi connectivity index (χ2n) is 5.17. The van der Waals surface area contributed by atoms with Gasteiger partial charge in [0.15, 0.2) is 0 Å². The van der Waals surface area contributed by atoms with E-state index < -0.39 is 0 Å². The molecule has 1 unspecified atom stereocenters. The molecular formula is C14H20BrN3OS2. The second kappa shape index (κ2) is 7.67. The number of piperazine rings is 1. The van der Waals surface area contributed by atoms with Crippen LogP contribution in [0, 0.1) is 0 Å². The van der Waals surface area contributed by atoms with E-state index in [2.05, 4.69) is 27.8 Å². The van der Waals surface area contributed by atoms with Crippen LogP contribution in [0.4, 0.5) is 0 Å². The molecule has 2 rings (SSSR count). The van der Waals surface area contributed by atoms with Crippen LogP contribution in [-0.4, -0.2) is 52.9 Å². The Kier molecular flexibility index (Phi) is 6.16. The van der Waals surface area contributed by atoms with Gasteiger partial charge in [-0.3, -0.25) is 9.69 Å². The van der Waals surface area contributed by atoms with Crippen LogP contribution in [0.3, 0.4) is 0 Å². The molecule has 1 aliphatic rings. The van der Waals surface area contributed by atoms with Crippen molar-refractivity contribution in [1.82, 2.24) is 9.80 Å². The first-order valence-electron chi connectivity index (χ1n) is 7.09. The van der Waals surface area contributed by atoms with E-state index in [9.17, 15) is 4.79 Å². The number of halogens is 1. The molecule has 2 heterocycles. The quantitative estimate of drug-likeness (QED) is 0.786. The Labute approximate surface area is 143 Å². The van der Waals surface area contributed by atoms with Gasteiger partial charge < -0.3 is 10.6 Å². The zero-order valence-electron chi connectivity index (χ0n) is 12.0. The Bertz CT molecular complexity index is 512. The first-order valence-corrected chi connectivity index (χ1v) is 9.17. The van der Waals surface area contributed by atoms with E-state index in [0.29, 0.717) is 4.99 Å². The van der Waals surface area contributed by atoms with Crippen LogP contribution >= 0.6 is 39.5 Å². The Morgan fingerprint density at radius 2 is 2.14 bits per heavy atom. The summed E-state index contributed by atoms with van der Waals surface area (Å²) < 4.78 is 0.987.